The molecule has 148 valence electrons. The first-order valence-electron chi connectivity index (χ1n) is 9.48. The molecule has 3 rings (SSSR count). The Morgan fingerprint density at radius 1 is 1.21 bits per heavy atom. The van der Waals surface area contributed by atoms with Crippen LogP contribution in [-0.4, -0.2) is 47.8 Å². The number of nitrogens with zero attached hydrogens (tertiary/aromatic N) is 2. The summed E-state index contributed by atoms with van der Waals surface area (Å²) in [5.74, 6) is -0.587. The van der Waals surface area contributed by atoms with Crippen molar-refractivity contribution >= 4 is 11.8 Å². The fourth-order valence-electron chi connectivity index (χ4n) is 3.40. The lowest BCUT2D eigenvalue weighted by Gasteiger charge is -2.35. The van der Waals surface area contributed by atoms with Crippen molar-refractivity contribution in [2.75, 3.05) is 20.1 Å². The minimum absolute atomic E-state index is 0.0721. The molecule has 5 nitrogen and oxygen atoms in total. The summed E-state index contributed by atoms with van der Waals surface area (Å²) in [7, 11) is 1.74. The number of nitrogens with one attached hydrogen (secondary N) is 1. The summed E-state index contributed by atoms with van der Waals surface area (Å²) in [4.78, 5) is 28.7. The number of aryl methyl sites for hydroxylation is 1. The Morgan fingerprint density at radius 3 is 2.64 bits per heavy atom. The molecule has 1 fully saturated rings. The monoisotopic (exact) mass is 383 g/mol. The average Bonchev–Trinajstić information content (AvgIpc) is 2.68. The van der Waals surface area contributed by atoms with Crippen LogP contribution in [0.15, 0.2) is 48.5 Å². The van der Waals surface area contributed by atoms with E-state index < -0.39 is 6.04 Å². The Hall–Kier alpha value is -2.73. The molecule has 0 spiro atoms. The maximum atomic E-state index is 14.0. The molecule has 0 aromatic heterocycles. The van der Waals surface area contributed by atoms with E-state index in [2.05, 4.69) is 5.32 Å². The van der Waals surface area contributed by atoms with Crippen LogP contribution in [0.4, 0.5) is 4.39 Å². The van der Waals surface area contributed by atoms with Crippen molar-refractivity contribution in [2.45, 2.75) is 32.5 Å². The van der Waals surface area contributed by atoms with Gasteiger partial charge in [-0.05, 0) is 18.6 Å². The predicted molar refractivity (Wildman–Crippen MR) is 106 cm³/mol. The summed E-state index contributed by atoms with van der Waals surface area (Å²) in [5, 5.41) is 2.82. The number of hydrogen-bond donors (Lipinski definition) is 1. The van der Waals surface area contributed by atoms with E-state index in [0.717, 1.165) is 5.56 Å². The third-order valence-electron chi connectivity index (χ3n) is 5.11. The maximum Gasteiger partial charge on any atom is 0.237 e. The van der Waals surface area contributed by atoms with Gasteiger partial charge in [0.2, 0.25) is 11.8 Å². The summed E-state index contributed by atoms with van der Waals surface area (Å²) in [5.41, 5.74) is 2.74. The second-order valence-electron chi connectivity index (χ2n) is 7.31. The van der Waals surface area contributed by atoms with Gasteiger partial charge in [-0.1, -0.05) is 48.0 Å². The van der Waals surface area contributed by atoms with Crippen molar-refractivity contribution in [2.24, 2.45) is 0 Å². The second-order valence-corrected chi connectivity index (χ2v) is 7.31. The van der Waals surface area contributed by atoms with E-state index in [-0.39, 0.29) is 24.1 Å². The van der Waals surface area contributed by atoms with E-state index >= 15 is 0 Å². The van der Waals surface area contributed by atoms with Gasteiger partial charge in [0, 0.05) is 38.8 Å². The number of amides is 2. The molecule has 0 unspecified atom stereocenters. The number of hydrogen-bond acceptors (Lipinski definition) is 3. The number of halogens is 1. The van der Waals surface area contributed by atoms with Crippen molar-refractivity contribution in [3.05, 3.63) is 71.0 Å². The fraction of sp³-hybridized carbons (Fsp3) is 0.364. The standard InChI is InChI=1S/C22H26FN3O2/c1-16-7-9-17(10-8-16)14-25(2)21(27)13-20-22(28)24-11-12-26(20)15-18-5-3-4-6-19(18)23/h3-10,20H,11-15H2,1-2H3,(H,24,28)/t20-/m0/s1. The highest BCUT2D eigenvalue weighted by molar-refractivity contribution is 5.88. The smallest absolute Gasteiger partial charge is 0.237 e. The first-order valence-corrected chi connectivity index (χ1v) is 9.48. The van der Waals surface area contributed by atoms with Crippen LogP contribution in [0.3, 0.4) is 0 Å². The van der Waals surface area contributed by atoms with Gasteiger partial charge in [0.15, 0.2) is 0 Å². The van der Waals surface area contributed by atoms with Crippen LogP contribution in [0.2, 0.25) is 0 Å². The van der Waals surface area contributed by atoms with Gasteiger partial charge < -0.3 is 10.2 Å². The van der Waals surface area contributed by atoms with Crippen molar-refractivity contribution in [3.63, 3.8) is 0 Å². The van der Waals surface area contributed by atoms with Crippen molar-refractivity contribution < 1.29 is 14.0 Å². The van der Waals surface area contributed by atoms with E-state index in [9.17, 15) is 14.0 Å². The molecule has 0 radical (unpaired) electrons. The zero-order chi connectivity index (χ0) is 20.1. The van der Waals surface area contributed by atoms with Crippen LogP contribution >= 0.6 is 0 Å². The van der Waals surface area contributed by atoms with Crippen LogP contribution in [0, 0.1) is 12.7 Å². The van der Waals surface area contributed by atoms with E-state index in [1.165, 1.54) is 11.6 Å². The molecule has 6 heteroatoms. The minimum atomic E-state index is -0.596. The number of carbonyl (C=O) groups is 2. The molecule has 1 N–H and O–H groups in total. The van der Waals surface area contributed by atoms with Gasteiger partial charge in [-0.3, -0.25) is 14.5 Å². The third kappa shape index (κ3) is 4.95. The Labute approximate surface area is 165 Å². The molecule has 2 aromatic rings. The lowest BCUT2D eigenvalue weighted by atomic mass is 10.1. The highest BCUT2D eigenvalue weighted by Crippen LogP contribution is 2.17. The summed E-state index contributed by atoms with van der Waals surface area (Å²) in [6.45, 7) is 3.89. The summed E-state index contributed by atoms with van der Waals surface area (Å²) in [6.07, 6.45) is 0.0721. The number of rotatable bonds is 6. The molecule has 1 saturated heterocycles. The van der Waals surface area contributed by atoms with Gasteiger partial charge in [-0.15, -0.1) is 0 Å². The topological polar surface area (TPSA) is 52.7 Å². The van der Waals surface area contributed by atoms with Crippen molar-refractivity contribution in [1.29, 1.82) is 0 Å². The molecule has 0 bridgehead atoms. The first kappa shape index (κ1) is 20.0. The van der Waals surface area contributed by atoms with Gasteiger partial charge in [-0.25, -0.2) is 4.39 Å². The van der Waals surface area contributed by atoms with Crippen molar-refractivity contribution in [3.8, 4) is 0 Å². The zero-order valence-corrected chi connectivity index (χ0v) is 16.3. The highest BCUT2D eigenvalue weighted by atomic mass is 19.1. The lowest BCUT2D eigenvalue weighted by Crippen LogP contribution is -2.56. The van der Waals surface area contributed by atoms with Crippen LogP contribution in [0.25, 0.3) is 0 Å². The molecule has 1 heterocycles. The van der Waals surface area contributed by atoms with E-state index in [1.54, 1.807) is 30.1 Å². The maximum absolute atomic E-state index is 14.0. The SMILES string of the molecule is Cc1ccc(CN(C)C(=O)C[C@H]2C(=O)NCCN2Cc2ccccc2F)cc1. The van der Waals surface area contributed by atoms with E-state index in [4.69, 9.17) is 0 Å². The number of carbonyl (C=O) groups excluding carboxylic acids is 2. The Balaban J connectivity index is 1.66. The molecule has 28 heavy (non-hydrogen) atoms. The molecule has 2 aromatic carbocycles. The molecule has 1 atom stereocenters. The summed E-state index contributed by atoms with van der Waals surface area (Å²) < 4.78 is 14.0. The Kier molecular flexibility index (Phi) is 6.41. The van der Waals surface area contributed by atoms with Gasteiger partial charge in [0.05, 0.1) is 12.5 Å². The normalized spacial score (nSPS) is 17.2. The molecular weight excluding hydrogens is 357 g/mol. The quantitative estimate of drug-likeness (QED) is 0.834. The van der Waals surface area contributed by atoms with E-state index in [0.29, 0.717) is 31.7 Å². The van der Waals surface area contributed by atoms with Crippen molar-refractivity contribution in [1.82, 2.24) is 15.1 Å². The zero-order valence-electron chi connectivity index (χ0n) is 16.3. The fourth-order valence-corrected chi connectivity index (χ4v) is 3.40. The van der Waals surface area contributed by atoms with Gasteiger partial charge in [0.25, 0.3) is 0 Å². The highest BCUT2D eigenvalue weighted by Gasteiger charge is 2.32. The largest absolute Gasteiger partial charge is 0.353 e. The Morgan fingerprint density at radius 2 is 1.93 bits per heavy atom. The second kappa shape index (κ2) is 8.97. The first-order chi connectivity index (χ1) is 13.4. The Bertz CT molecular complexity index is 838. The number of piperazine rings is 1. The lowest BCUT2D eigenvalue weighted by molar-refractivity contribution is -0.138. The molecule has 2 amide bonds. The van der Waals surface area contributed by atoms with Crippen LogP contribution in [-0.2, 0) is 22.7 Å². The molecule has 1 aliphatic rings. The number of benzene rings is 2. The molecule has 0 saturated carbocycles. The van der Waals surface area contributed by atoms with Crippen LogP contribution in [0.1, 0.15) is 23.1 Å². The average molecular weight is 383 g/mol. The summed E-state index contributed by atoms with van der Waals surface area (Å²) >= 11 is 0. The van der Waals surface area contributed by atoms with Crippen LogP contribution < -0.4 is 5.32 Å². The molecule has 1 aliphatic heterocycles. The van der Waals surface area contributed by atoms with Gasteiger partial charge >= 0.3 is 0 Å². The predicted octanol–water partition coefficient (Wildman–Crippen LogP) is 2.48. The van der Waals surface area contributed by atoms with E-state index in [1.807, 2.05) is 36.1 Å². The molecular formula is C22H26FN3O2. The third-order valence-corrected chi connectivity index (χ3v) is 5.11. The minimum Gasteiger partial charge on any atom is -0.353 e. The van der Waals surface area contributed by atoms with Gasteiger partial charge in [-0.2, -0.15) is 0 Å². The van der Waals surface area contributed by atoms with Crippen LogP contribution in [0.5, 0.6) is 0 Å². The summed E-state index contributed by atoms with van der Waals surface area (Å²) in [6, 6.07) is 14.0. The molecule has 0 aliphatic carbocycles. The van der Waals surface area contributed by atoms with Gasteiger partial charge in [0.1, 0.15) is 5.82 Å².